The molecular weight excluding hydrogens is 274 g/mol. The summed E-state index contributed by atoms with van der Waals surface area (Å²) < 4.78 is 28.6. The topological polar surface area (TPSA) is 69.4 Å². The van der Waals surface area contributed by atoms with Gasteiger partial charge in [0.25, 0.3) is 0 Å². The fourth-order valence-corrected chi connectivity index (χ4v) is 2.42. The molecule has 2 rings (SSSR count). The van der Waals surface area contributed by atoms with E-state index in [1.54, 1.807) is 6.07 Å². The second-order valence-electron chi connectivity index (χ2n) is 4.74. The number of hydrogen-bond donors (Lipinski definition) is 1. The molecule has 0 amide bonds. The van der Waals surface area contributed by atoms with E-state index in [1.807, 2.05) is 44.2 Å². The van der Waals surface area contributed by atoms with Crippen LogP contribution in [0.25, 0.3) is 11.1 Å². The minimum absolute atomic E-state index is 0.0489. The molecule has 0 radical (unpaired) electrons. The standard InChI is InChI=1S/C15H17NO3S/c1-11(2)19-15-10-13(20(16,17)18)8-9-14(15)12-6-4-3-5-7-12/h3-11H,1-2H3,(H2,16,17,18). The summed E-state index contributed by atoms with van der Waals surface area (Å²) in [6, 6.07) is 14.3. The van der Waals surface area contributed by atoms with Crippen LogP contribution in [0.15, 0.2) is 53.4 Å². The van der Waals surface area contributed by atoms with Crippen molar-refractivity contribution < 1.29 is 13.2 Å². The number of primary sulfonamides is 1. The van der Waals surface area contributed by atoms with Crippen LogP contribution in [0.4, 0.5) is 0 Å². The normalized spacial score (nSPS) is 11.6. The first kappa shape index (κ1) is 14.6. The predicted molar refractivity (Wildman–Crippen MR) is 79.0 cm³/mol. The van der Waals surface area contributed by atoms with Crippen LogP contribution in [0.5, 0.6) is 5.75 Å². The molecule has 106 valence electrons. The van der Waals surface area contributed by atoms with E-state index in [9.17, 15) is 8.42 Å². The summed E-state index contributed by atoms with van der Waals surface area (Å²) in [6.07, 6.45) is -0.0619. The molecular formula is C15H17NO3S. The van der Waals surface area contributed by atoms with Crippen molar-refractivity contribution in [2.24, 2.45) is 5.14 Å². The highest BCUT2D eigenvalue weighted by molar-refractivity contribution is 7.89. The van der Waals surface area contributed by atoms with E-state index in [-0.39, 0.29) is 11.0 Å². The zero-order chi connectivity index (χ0) is 14.8. The van der Waals surface area contributed by atoms with Crippen LogP contribution in [0, 0.1) is 0 Å². The molecule has 2 aromatic rings. The summed E-state index contributed by atoms with van der Waals surface area (Å²) in [6.45, 7) is 3.77. The minimum Gasteiger partial charge on any atom is -0.490 e. The van der Waals surface area contributed by atoms with Crippen LogP contribution >= 0.6 is 0 Å². The zero-order valence-electron chi connectivity index (χ0n) is 11.4. The van der Waals surface area contributed by atoms with Crippen LogP contribution in [-0.2, 0) is 10.0 Å². The van der Waals surface area contributed by atoms with Crippen molar-refractivity contribution in [3.8, 4) is 16.9 Å². The lowest BCUT2D eigenvalue weighted by molar-refractivity contribution is 0.243. The van der Waals surface area contributed by atoms with Gasteiger partial charge in [-0.1, -0.05) is 30.3 Å². The lowest BCUT2D eigenvalue weighted by Gasteiger charge is -2.15. The van der Waals surface area contributed by atoms with E-state index in [1.165, 1.54) is 12.1 Å². The van der Waals surface area contributed by atoms with Crippen molar-refractivity contribution in [2.75, 3.05) is 0 Å². The highest BCUT2D eigenvalue weighted by atomic mass is 32.2. The van der Waals surface area contributed by atoms with Crippen molar-refractivity contribution >= 4 is 10.0 Å². The molecule has 2 aromatic carbocycles. The van der Waals surface area contributed by atoms with Crippen molar-refractivity contribution in [3.63, 3.8) is 0 Å². The summed E-state index contributed by atoms with van der Waals surface area (Å²) in [5.74, 6) is 0.512. The lowest BCUT2D eigenvalue weighted by atomic mass is 10.0. The van der Waals surface area contributed by atoms with Crippen LogP contribution in [0.3, 0.4) is 0 Å². The largest absolute Gasteiger partial charge is 0.490 e. The Morgan fingerprint density at radius 2 is 1.70 bits per heavy atom. The molecule has 0 aliphatic rings. The third-order valence-corrected chi connectivity index (χ3v) is 3.64. The van der Waals surface area contributed by atoms with Gasteiger partial charge in [0, 0.05) is 11.6 Å². The van der Waals surface area contributed by atoms with E-state index >= 15 is 0 Å². The van der Waals surface area contributed by atoms with Gasteiger partial charge in [-0.15, -0.1) is 0 Å². The first-order chi connectivity index (χ1) is 9.38. The quantitative estimate of drug-likeness (QED) is 0.941. The van der Waals surface area contributed by atoms with Gasteiger partial charge in [0.15, 0.2) is 0 Å². The van der Waals surface area contributed by atoms with Crippen molar-refractivity contribution in [3.05, 3.63) is 48.5 Å². The highest BCUT2D eigenvalue weighted by Gasteiger charge is 2.14. The van der Waals surface area contributed by atoms with Gasteiger partial charge >= 0.3 is 0 Å². The third kappa shape index (κ3) is 3.37. The molecule has 0 fully saturated rings. The number of ether oxygens (including phenoxy) is 1. The molecule has 0 aromatic heterocycles. The van der Waals surface area contributed by atoms with E-state index in [4.69, 9.17) is 9.88 Å². The summed E-state index contributed by atoms with van der Waals surface area (Å²) >= 11 is 0. The number of hydrogen-bond acceptors (Lipinski definition) is 3. The Hall–Kier alpha value is -1.85. The van der Waals surface area contributed by atoms with Gasteiger partial charge in [0.05, 0.1) is 11.0 Å². The molecule has 5 heteroatoms. The second kappa shape index (κ2) is 5.64. The Labute approximate surface area is 119 Å². The van der Waals surface area contributed by atoms with Crippen LogP contribution in [-0.4, -0.2) is 14.5 Å². The summed E-state index contributed by atoms with van der Waals surface area (Å²) in [5.41, 5.74) is 1.80. The maximum absolute atomic E-state index is 11.4. The molecule has 0 bridgehead atoms. The lowest BCUT2D eigenvalue weighted by Crippen LogP contribution is -2.13. The maximum atomic E-state index is 11.4. The van der Waals surface area contributed by atoms with Gasteiger partial charge in [-0.05, 0) is 31.5 Å². The molecule has 0 aliphatic heterocycles. The summed E-state index contributed by atoms with van der Waals surface area (Å²) in [4.78, 5) is 0.0489. The molecule has 0 aliphatic carbocycles. The molecule has 2 N–H and O–H groups in total. The summed E-state index contributed by atoms with van der Waals surface area (Å²) in [5, 5.41) is 5.16. The Bertz CT molecular complexity index is 694. The average Bonchev–Trinajstić information content (AvgIpc) is 2.38. The van der Waals surface area contributed by atoms with E-state index < -0.39 is 10.0 Å². The Morgan fingerprint density at radius 3 is 2.25 bits per heavy atom. The fourth-order valence-electron chi connectivity index (χ4n) is 1.89. The third-order valence-electron chi connectivity index (χ3n) is 2.73. The van der Waals surface area contributed by atoms with Gasteiger partial charge in [-0.25, -0.2) is 13.6 Å². The number of sulfonamides is 1. The number of benzene rings is 2. The van der Waals surface area contributed by atoms with Crippen LogP contribution < -0.4 is 9.88 Å². The Balaban J connectivity index is 2.57. The predicted octanol–water partition coefficient (Wildman–Crippen LogP) is 2.79. The fraction of sp³-hybridized carbons (Fsp3) is 0.200. The molecule has 0 atom stereocenters. The van der Waals surface area contributed by atoms with Crippen LogP contribution in [0.2, 0.25) is 0 Å². The molecule has 0 unspecified atom stereocenters. The van der Waals surface area contributed by atoms with Gasteiger partial charge in [-0.3, -0.25) is 0 Å². The van der Waals surface area contributed by atoms with E-state index in [0.717, 1.165) is 11.1 Å². The van der Waals surface area contributed by atoms with Gasteiger partial charge < -0.3 is 4.74 Å². The second-order valence-corrected chi connectivity index (χ2v) is 6.30. The Kier molecular flexibility index (Phi) is 4.11. The minimum atomic E-state index is -3.74. The molecule has 20 heavy (non-hydrogen) atoms. The van der Waals surface area contributed by atoms with Crippen LogP contribution in [0.1, 0.15) is 13.8 Å². The van der Waals surface area contributed by atoms with E-state index in [2.05, 4.69) is 0 Å². The molecule has 0 spiro atoms. The molecule has 0 heterocycles. The molecule has 0 saturated heterocycles. The molecule has 0 saturated carbocycles. The first-order valence-electron chi connectivity index (χ1n) is 6.27. The number of nitrogens with two attached hydrogens (primary N) is 1. The smallest absolute Gasteiger partial charge is 0.238 e. The monoisotopic (exact) mass is 291 g/mol. The number of rotatable bonds is 4. The highest BCUT2D eigenvalue weighted by Crippen LogP contribution is 2.32. The zero-order valence-corrected chi connectivity index (χ0v) is 12.2. The van der Waals surface area contributed by atoms with Crippen molar-refractivity contribution in [2.45, 2.75) is 24.8 Å². The van der Waals surface area contributed by atoms with Gasteiger partial charge in [0.1, 0.15) is 5.75 Å². The first-order valence-corrected chi connectivity index (χ1v) is 7.81. The Morgan fingerprint density at radius 1 is 1.05 bits per heavy atom. The SMILES string of the molecule is CC(C)Oc1cc(S(N)(=O)=O)ccc1-c1ccccc1. The summed E-state index contributed by atoms with van der Waals surface area (Å²) in [7, 11) is -3.74. The van der Waals surface area contributed by atoms with Gasteiger partial charge in [0.2, 0.25) is 10.0 Å². The van der Waals surface area contributed by atoms with Crippen molar-refractivity contribution in [1.82, 2.24) is 0 Å². The van der Waals surface area contributed by atoms with Gasteiger partial charge in [-0.2, -0.15) is 0 Å². The molecule has 4 nitrogen and oxygen atoms in total. The maximum Gasteiger partial charge on any atom is 0.238 e. The van der Waals surface area contributed by atoms with Crippen molar-refractivity contribution in [1.29, 1.82) is 0 Å². The van der Waals surface area contributed by atoms with E-state index in [0.29, 0.717) is 5.75 Å². The average molecular weight is 291 g/mol.